The molecule has 0 saturated heterocycles. The Kier molecular flexibility index (Phi) is 3.18. The van der Waals surface area contributed by atoms with Crippen LogP contribution in [0, 0.1) is 0 Å². The molecule has 0 aliphatic carbocycles. The third kappa shape index (κ3) is 2.11. The SMILES string of the molecule is O=C1C=C(c2ccccc2)SC1(O)c1cc2ccccc2s1. The Bertz CT molecular complexity index is 863. The van der Waals surface area contributed by atoms with Crippen molar-refractivity contribution in [3.63, 3.8) is 0 Å². The summed E-state index contributed by atoms with van der Waals surface area (Å²) < 4.78 is 1.08. The van der Waals surface area contributed by atoms with Crippen LogP contribution in [0.2, 0.25) is 0 Å². The van der Waals surface area contributed by atoms with E-state index in [2.05, 4.69) is 0 Å². The van der Waals surface area contributed by atoms with E-state index >= 15 is 0 Å². The van der Waals surface area contributed by atoms with Crippen LogP contribution >= 0.6 is 23.1 Å². The van der Waals surface area contributed by atoms with Gasteiger partial charge in [-0.05, 0) is 29.2 Å². The molecule has 1 aromatic heterocycles. The molecule has 4 rings (SSSR count). The molecule has 0 saturated carbocycles. The molecule has 1 aliphatic rings. The smallest absolute Gasteiger partial charge is 0.213 e. The second-order valence-corrected chi connectivity index (χ2v) is 7.45. The van der Waals surface area contributed by atoms with E-state index in [1.807, 2.05) is 60.7 Å². The predicted molar refractivity (Wildman–Crippen MR) is 92.7 cm³/mol. The summed E-state index contributed by atoms with van der Waals surface area (Å²) in [5, 5.41) is 12.0. The van der Waals surface area contributed by atoms with E-state index in [1.54, 1.807) is 6.08 Å². The van der Waals surface area contributed by atoms with Gasteiger partial charge in [-0.15, -0.1) is 11.3 Å². The van der Waals surface area contributed by atoms with Crippen LogP contribution in [0.1, 0.15) is 10.4 Å². The highest BCUT2D eigenvalue weighted by Gasteiger charge is 2.44. The molecule has 0 spiro atoms. The number of ketones is 1. The molecule has 1 atom stereocenters. The van der Waals surface area contributed by atoms with Crippen molar-refractivity contribution < 1.29 is 9.90 Å². The van der Waals surface area contributed by atoms with Gasteiger partial charge in [0.2, 0.25) is 10.7 Å². The summed E-state index contributed by atoms with van der Waals surface area (Å²) in [5.41, 5.74) is 0.956. The van der Waals surface area contributed by atoms with Crippen molar-refractivity contribution in [1.29, 1.82) is 0 Å². The minimum Gasteiger partial charge on any atom is -0.368 e. The number of benzene rings is 2. The van der Waals surface area contributed by atoms with Crippen molar-refractivity contribution >= 4 is 43.9 Å². The second kappa shape index (κ2) is 5.09. The Morgan fingerprint density at radius 1 is 0.955 bits per heavy atom. The van der Waals surface area contributed by atoms with Crippen molar-refractivity contribution in [2.75, 3.05) is 0 Å². The van der Waals surface area contributed by atoms with Gasteiger partial charge >= 0.3 is 0 Å². The number of aliphatic hydroxyl groups is 1. The maximum absolute atomic E-state index is 12.4. The average Bonchev–Trinajstić information content (AvgIpc) is 3.11. The number of fused-ring (bicyclic) bond motifs is 1. The molecule has 1 aliphatic heterocycles. The third-order valence-corrected chi connectivity index (χ3v) is 6.32. The maximum atomic E-state index is 12.4. The summed E-state index contributed by atoms with van der Waals surface area (Å²) in [6.07, 6.45) is 1.55. The number of hydrogen-bond donors (Lipinski definition) is 1. The number of carbonyl (C=O) groups excluding carboxylic acids is 1. The summed E-state index contributed by atoms with van der Waals surface area (Å²) in [6.45, 7) is 0. The molecular formula is C18H12O2S2. The molecule has 2 nitrogen and oxygen atoms in total. The Morgan fingerprint density at radius 2 is 1.68 bits per heavy atom. The normalized spacial score (nSPS) is 21.3. The summed E-state index contributed by atoms with van der Waals surface area (Å²) in [7, 11) is 0. The van der Waals surface area contributed by atoms with E-state index < -0.39 is 4.93 Å². The summed E-state index contributed by atoms with van der Waals surface area (Å²) in [5.74, 6) is -0.261. The van der Waals surface area contributed by atoms with Gasteiger partial charge in [0.05, 0.1) is 4.88 Å². The fraction of sp³-hybridized carbons (Fsp3) is 0.0556. The zero-order valence-electron chi connectivity index (χ0n) is 11.5. The first-order valence-corrected chi connectivity index (χ1v) is 8.52. The van der Waals surface area contributed by atoms with Gasteiger partial charge in [0.25, 0.3) is 0 Å². The van der Waals surface area contributed by atoms with Crippen LogP contribution in [0.4, 0.5) is 0 Å². The lowest BCUT2D eigenvalue weighted by Crippen LogP contribution is -2.26. The third-order valence-electron chi connectivity index (χ3n) is 3.67. The Balaban J connectivity index is 1.75. The zero-order valence-corrected chi connectivity index (χ0v) is 13.2. The van der Waals surface area contributed by atoms with Gasteiger partial charge in [0, 0.05) is 9.61 Å². The van der Waals surface area contributed by atoms with Gasteiger partial charge in [-0.3, -0.25) is 4.79 Å². The molecule has 0 fully saturated rings. The monoisotopic (exact) mass is 324 g/mol. The minimum absolute atomic E-state index is 0.261. The topological polar surface area (TPSA) is 37.3 Å². The van der Waals surface area contributed by atoms with Gasteiger partial charge in [-0.1, -0.05) is 60.3 Å². The lowest BCUT2D eigenvalue weighted by molar-refractivity contribution is -0.124. The van der Waals surface area contributed by atoms with Crippen molar-refractivity contribution in [2.24, 2.45) is 0 Å². The highest BCUT2D eigenvalue weighted by molar-refractivity contribution is 8.10. The maximum Gasteiger partial charge on any atom is 0.213 e. The number of thioether (sulfide) groups is 1. The molecule has 108 valence electrons. The molecular weight excluding hydrogens is 312 g/mol. The zero-order chi connectivity index (χ0) is 15.2. The van der Waals surface area contributed by atoms with E-state index in [4.69, 9.17) is 0 Å². The highest BCUT2D eigenvalue weighted by Crippen LogP contribution is 2.51. The van der Waals surface area contributed by atoms with Crippen LogP contribution in [0.25, 0.3) is 15.0 Å². The highest BCUT2D eigenvalue weighted by atomic mass is 32.2. The van der Waals surface area contributed by atoms with E-state index in [0.717, 1.165) is 20.6 Å². The fourth-order valence-electron chi connectivity index (χ4n) is 2.52. The molecule has 2 heterocycles. The Morgan fingerprint density at radius 3 is 2.45 bits per heavy atom. The van der Waals surface area contributed by atoms with Crippen LogP contribution < -0.4 is 0 Å². The average molecular weight is 324 g/mol. The van der Waals surface area contributed by atoms with Crippen LogP contribution in [0.15, 0.2) is 66.7 Å². The summed E-state index contributed by atoms with van der Waals surface area (Å²) in [6, 6.07) is 19.5. The summed E-state index contributed by atoms with van der Waals surface area (Å²) in [4.78, 5) is 12.4. The van der Waals surface area contributed by atoms with Crippen LogP contribution in [0.5, 0.6) is 0 Å². The van der Waals surface area contributed by atoms with Crippen LogP contribution in [0.3, 0.4) is 0 Å². The number of carbonyl (C=O) groups is 1. The van der Waals surface area contributed by atoms with Gasteiger partial charge in [-0.25, -0.2) is 0 Å². The molecule has 0 bridgehead atoms. The molecule has 1 N–H and O–H groups in total. The number of rotatable bonds is 2. The molecule has 0 radical (unpaired) electrons. The van der Waals surface area contributed by atoms with Crippen molar-refractivity contribution in [1.82, 2.24) is 0 Å². The largest absolute Gasteiger partial charge is 0.368 e. The van der Waals surface area contributed by atoms with Crippen LogP contribution in [-0.2, 0) is 9.73 Å². The van der Waals surface area contributed by atoms with Crippen molar-refractivity contribution in [2.45, 2.75) is 4.93 Å². The quantitative estimate of drug-likeness (QED) is 0.759. The van der Waals surface area contributed by atoms with E-state index in [9.17, 15) is 9.90 Å². The van der Waals surface area contributed by atoms with Gasteiger partial charge in [0.1, 0.15) is 0 Å². The number of thiophene rings is 1. The summed E-state index contributed by atoms with van der Waals surface area (Å²) >= 11 is 2.69. The first-order chi connectivity index (χ1) is 10.7. The molecule has 4 heteroatoms. The molecule has 22 heavy (non-hydrogen) atoms. The lowest BCUT2D eigenvalue weighted by Gasteiger charge is -2.18. The first kappa shape index (κ1) is 13.8. The van der Waals surface area contributed by atoms with Crippen molar-refractivity contribution in [3.8, 4) is 0 Å². The molecule has 3 aromatic rings. The van der Waals surface area contributed by atoms with E-state index in [-0.39, 0.29) is 5.78 Å². The second-order valence-electron chi connectivity index (χ2n) is 5.13. The van der Waals surface area contributed by atoms with E-state index in [0.29, 0.717) is 4.88 Å². The van der Waals surface area contributed by atoms with Crippen molar-refractivity contribution in [3.05, 3.63) is 77.2 Å². The first-order valence-electron chi connectivity index (χ1n) is 6.89. The lowest BCUT2D eigenvalue weighted by atomic mass is 10.1. The van der Waals surface area contributed by atoms with Gasteiger partial charge in [-0.2, -0.15) is 0 Å². The molecule has 2 aromatic carbocycles. The van der Waals surface area contributed by atoms with Gasteiger partial charge in [0.15, 0.2) is 0 Å². The number of hydrogen-bond acceptors (Lipinski definition) is 4. The Labute approximate surface area is 136 Å². The van der Waals surface area contributed by atoms with Crippen LogP contribution in [-0.4, -0.2) is 10.9 Å². The van der Waals surface area contributed by atoms with Gasteiger partial charge < -0.3 is 5.11 Å². The fourth-order valence-corrected chi connectivity index (χ4v) is 4.88. The standard InChI is InChI=1S/C18H12O2S2/c19-16-11-15(12-6-2-1-3-7-12)22-18(16,20)17-10-13-8-4-5-9-14(13)21-17/h1-11,20H. The minimum atomic E-state index is -1.51. The molecule has 0 amide bonds. The molecule has 1 unspecified atom stereocenters. The van der Waals surface area contributed by atoms with E-state index in [1.165, 1.54) is 23.1 Å². The Hall–Kier alpha value is -1.88. The predicted octanol–water partition coefficient (Wildman–Crippen LogP) is 4.40.